The topological polar surface area (TPSA) is 234 Å². The SMILES string of the molecule is CCOC(=O)[C@H](Cc1ccccc1)NP(=O)(N[C@@H](Cc1ccccc1)C(=O)OCC)OC[C@@H](OCn1cnc2c(NC3CC3)nc(N)nc21)[C@H](O)C(C)O. The summed E-state index contributed by atoms with van der Waals surface area (Å²) in [5, 5.41) is 30.4. The molecule has 0 aliphatic heterocycles. The van der Waals surface area contributed by atoms with Crippen LogP contribution in [0, 0.1) is 0 Å². The third-order valence-electron chi connectivity index (χ3n) is 8.48. The number of hydrogen-bond acceptors (Lipinski definition) is 14. The predicted octanol–water partition coefficient (Wildman–Crippen LogP) is 2.72. The van der Waals surface area contributed by atoms with E-state index in [0.717, 1.165) is 24.0 Å². The van der Waals surface area contributed by atoms with E-state index in [4.69, 9.17) is 24.5 Å². The number of nitrogen functional groups attached to an aromatic ring is 1. The number of carbonyl (C=O) groups excluding carboxylic acids is 2. The number of nitrogens with two attached hydrogens (primary N) is 1. The molecule has 4 aromatic rings. The van der Waals surface area contributed by atoms with Crippen LogP contribution in [-0.4, -0.2) is 97.9 Å². The third-order valence-corrected chi connectivity index (χ3v) is 10.3. The lowest BCUT2D eigenvalue weighted by Crippen LogP contribution is -2.47. The molecule has 17 nitrogen and oxygen atoms in total. The molecule has 5 rings (SSSR count). The first kappa shape index (κ1) is 40.7. The standard InChI is InChI=1S/C36H49N8O9P/c1-4-50-34(47)27(18-24-12-8-6-9-13-24)42-54(49,43-28(35(48)51-5-2)19-25-14-10-7-11-15-25)53-20-29(31(46)23(3)45)52-22-44-21-38-30-32(39-26-16-17-26)40-36(37)41-33(30)44/h6-15,21,23,26-29,31,45-46H,4-5,16-20,22H2,1-3H3,(H2,42,43,49)(H3,37,39,40,41)/t23?,27-,28-,29+,31+/m0/s1. The zero-order valence-corrected chi connectivity index (χ0v) is 31.4. The van der Waals surface area contributed by atoms with Gasteiger partial charge in [0.25, 0.3) is 0 Å². The van der Waals surface area contributed by atoms with Crippen LogP contribution in [0.1, 0.15) is 44.7 Å². The molecule has 2 heterocycles. The van der Waals surface area contributed by atoms with Gasteiger partial charge in [-0.15, -0.1) is 0 Å². The number of aromatic nitrogens is 4. The molecule has 2 aromatic carbocycles. The molecule has 2 aromatic heterocycles. The van der Waals surface area contributed by atoms with E-state index < -0.39 is 56.6 Å². The van der Waals surface area contributed by atoms with E-state index in [9.17, 15) is 24.4 Å². The molecule has 292 valence electrons. The first-order valence-electron chi connectivity index (χ1n) is 17.9. The van der Waals surface area contributed by atoms with Crippen LogP contribution in [-0.2, 0) is 52.5 Å². The van der Waals surface area contributed by atoms with Crippen LogP contribution in [0.5, 0.6) is 0 Å². The highest BCUT2D eigenvalue weighted by Gasteiger charge is 2.38. The second-order valence-corrected chi connectivity index (χ2v) is 14.8. The Balaban J connectivity index is 1.43. The molecule has 0 bridgehead atoms. The fraction of sp³-hybridized carbons (Fsp3) is 0.472. The number of anilines is 2. The molecule has 1 aliphatic rings. The number of fused-ring (bicyclic) bond motifs is 1. The Morgan fingerprint density at radius 2 is 1.48 bits per heavy atom. The lowest BCUT2D eigenvalue weighted by Gasteiger charge is -2.31. The van der Waals surface area contributed by atoms with Gasteiger partial charge in [0, 0.05) is 6.04 Å². The number of esters is 2. The van der Waals surface area contributed by atoms with Crippen molar-refractivity contribution in [3.8, 4) is 0 Å². The number of imidazole rings is 1. The summed E-state index contributed by atoms with van der Waals surface area (Å²) in [7, 11) is -4.47. The second kappa shape index (κ2) is 19.2. The van der Waals surface area contributed by atoms with Gasteiger partial charge in [-0.05, 0) is 57.6 Å². The molecule has 54 heavy (non-hydrogen) atoms. The predicted molar refractivity (Wildman–Crippen MR) is 200 cm³/mol. The van der Waals surface area contributed by atoms with E-state index in [2.05, 4.69) is 30.4 Å². The second-order valence-electron chi connectivity index (χ2n) is 12.9. The zero-order valence-electron chi connectivity index (χ0n) is 30.5. The number of carbonyl (C=O) groups is 2. The van der Waals surface area contributed by atoms with Gasteiger partial charge in [0.15, 0.2) is 17.0 Å². The van der Waals surface area contributed by atoms with Gasteiger partial charge in [0.05, 0.1) is 32.3 Å². The van der Waals surface area contributed by atoms with Crippen molar-refractivity contribution in [1.82, 2.24) is 29.7 Å². The summed E-state index contributed by atoms with van der Waals surface area (Å²) < 4.78 is 39.3. The first-order valence-corrected chi connectivity index (χ1v) is 19.5. The van der Waals surface area contributed by atoms with Crippen molar-refractivity contribution >= 4 is 42.5 Å². The van der Waals surface area contributed by atoms with E-state index >= 15 is 0 Å². The van der Waals surface area contributed by atoms with Crippen molar-refractivity contribution in [2.24, 2.45) is 0 Å². The normalized spacial score (nSPS) is 15.9. The van der Waals surface area contributed by atoms with Crippen molar-refractivity contribution in [2.45, 2.75) is 89.6 Å². The highest BCUT2D eigenvalue weighted by atomic mass is 31.2. The number of nitrogens with one attached hydrogen (secondary N) is 3. The minimum atomic E-state index is -4.47. The van der Waals surface area contributed by atoms with E-state index in [1.807, 2.05) is 12.1 Å². The molecule has 0 saturated heterocycles. The summed E-state index contributed by atoms with van der Waals surface area (Å²) in [6.07, 6.45) is -0.542. The van der Waals surface area contributed by atoms with Gasteiger partial charge in [0.1, 0.15) is 31.0 Å². The maximum atomic E-state index is 15.0. The Kier molecular flexibility index (Phi) is 14.5. The van der Waals surface area contributed by atoms with Gasteiger partial charge in [-0.25, -0.2) is 15.2 Å². The molecule has 7 N–H and O–H groups in total. The number of aliphatic hydroxyl groups excluding tert-OH is 2. The highest BCUT2D eigenvalue weighted by molar-refractivity contribution is 7.54. The van der Waals surface area contributed by atoms with Gasteiger partial charge < -0.3 is 40.0 Å². The van der Waals surface area contributed by atoms with Gasteiger partial charge in [-0.3, -0.25) is 18.7 Å². The van der Waals surface area contributed by atoms with Crippen LogP contribution in [0.25, 0.3) is 11.2 Å². The maximum absolute atomic E-state index is 15.0. The van der Waals surface area contributed by atoms with Crippen molar-refractivity contribution in [3.63, 3.8) is 0 Å². The average molecular weight is 769 g/mol. The molecule has 1 aliphatic carbocycles. The van der Waals surface area contributed by atoms with Crippen LogP contribution < -0.4 is 21.2 Å². The molecular weight excluding hydrogens is 719 g/mol. The Morgan fingerprint density at radius 1 is 0.926 bits per heavy atom. The Labute approximate surface area is 313 Å². The third kappa shape index (κ3) is 11.5. The maximum Gasteiger partial charge on any atom is 0.342 e. The lowest BCUT2D eigenvalue weighted by molar-refractivity contribution is -0.145. The van der Waals surface area contributed by atoms with E-state index in [-0.39, 0.29) is 44.8 Å². The van der Waals surface area contributed by atoms with Gasteiger partial charge in [-0.1, -0.05) is 60.7 Å². The van der Waals surface area contributed by atoms with Crippen LogP contribution in [0.4, 0.5) is 11.8 Å². The highest BCUT2D eigenvalue weighted by Crippen LogP contribution is 2.41. The zero-order chi connectivity index (χ0) is 38.7. The Hall–Kier alpha value is -4.48. The minimum absolute atomic E-state index is 0.0210. The number of nitrogens with zero attached hydrogens (tertiary/aromatic N) is 4. The molecule has 1 unspecified atom stereocenters. The molecular formula is C36H49N8O9P. The molecule has 0 radical (unpaired) electrons. The summed E-state index contributed by atoms with van der Waals surface area (Å²) in [6.45, 7) is 3.95. The van der Waals surface area contributed by atoms with Crippen LogP contribution in [0.15, 0.2) is 67.0 Å². The van der Waals surface area contributed by atoms with Gasteiger partial charge >= 0.3 is 19.6 Å². The number of rotatable bonds is 22. The van der Waals surface area contributed by atoms with Crippen molar-refractivity contribution in [2.75, 3.05) is 30.9 Å². The molecule has 0 amide bonds. The van der Waals surface area contributed by atoms with Crippen LogP contribution >= 0.6 is 7.67 Å². The fourth-order valence-electron chi connectivity index (χ4n) is 5.56. The van der Waals surface area contributed by atoms with E-state index in [0.29, 0.717) is 17.0 Å². The number of benzene rings is 2. The summed E-state index contributed by atoms with van der Waals surface area (Å²) in [5.41, 5.74) is 8.30. The molecule has 0 spiro atoms. The van der Waals surface area contributed by atoms with Crippen molar-refractivity contribution < 1.29 is 43.1 Å². The van der Waals surface area contributed by atoms with E-state index in [1.165, 1.54) is 17.8 Å². The Morgan fingerprint density at radius 3 is 1.98 bits per heavy atom. The van der Waals surface area contributed by atoms with Gasteiger partial charge in [-0.2, -0.15) is 9.97 Å². The minimum Gasteiger partial charge on any atom is -0.465 e. The lowest BCUT2D eigenvalue weighted by atomic mass is 10.1. The first-order chi connectivity index (χ1) is 26.0. The Bertz CT molecular complexity index is 1790. The number of aliphatic hydroxyl groups is 2. The quantitative estimate of drug-likeness (QED) is 0.0498. The largest absolute Gasteiger partial charge is 0.465 e. The van der Waals surface area contributed by atoms with Crippen molar-refractivity contribution in [1.29, 1.82) is 0 Å². The van der Waals surface area contributed by atoms with Crippen molar-refractivity contribution in [3.05, 3.63) is 78.1 Å². The average Bonchev–Trinajstić information content (AvgIpc) is 3.88. The van der Waals surface area contributed by atoms with Crippen LogP contribution in [0.3, 0.4) is 0 Å². The number of hydrogen-bond donors (Lipinski definition) is 6. The van der Waals surface area contributed by atoms with Gasteiger partial charge in [0.2, 0.25) is 5.95 Å². The number of ether oxygens (including phenoxy) is 3. The summed E-state index contributed by atoms with van der Waals surface area (Å²) in [4.78, 5) is 39.7. The molecule has 18 heteroatoms. The summed E-state index contributed by atoms with van der Waals surface area (Å²) in [5.74, 6) is -0.904. The smallest absolute Gasteiger partial charge is 0.342 e. The monoisotopic (exact) mass is 768 g/mol. The molecule has 1 fully saturated rings. The van der Waals surface area contributed by atoms with E-state index in [1.54, 1.807) is 62.4 Å². The molecule has 1 saturated carbocycles. The fourth-order valence-corrected chi connectivity index (χ4v) is 7.35. The summed E-state index contributed by atoms with van der Waals surface area (Å²) >= 11 is 0. The molecule has 5 atom stereocenters. The van der Waals surface area contributed by atoms with Crippen LogP contribution in [0.2, 0.25) is 0 Å². The summed E-state index contributed by atoms with van der Waals surface area (Å²) in [6, 6.07) is 15.9.